The predicted molar refractivity (Wildman–Crippen MR) is 105 cm³/mol. The Balaban J connectivity index is 2.39. The van der Waals surface area contributed by atoms with Gasteiger partial charge in [0.2, 0.25) is 0 Å². The summed E-state index contributed by atoms with van der Waals surface area (Å²) in [6.45, 7) is 15.2. The second-order valence-corrected chi connectivity index (χ2v) is 8.46. The van der Waals surface area contributed by atoms with E-state index in [9.17, 15) is 9.59 Å². The van der Waals surface area contributed by atoms with Gasteiger partial charge in [0.05, 0.1) is 17.1 Å². The van der Waals surface area contributed by atoms with Gasteiger partial charge in [0, 0.05) is 17.3 Å². The number of esters is 1. The van der Waals surface area contributed by atoms with E-state index in [-0.39, 0.29) is 17.9 Å². The second kappa shape index (κ2) is 7.66. The maximum Gasteiger partial charge on any atom is 0.339 e. The van der Waals surface area contributed by atoms with Gasteiger partial charge in [-0.2, -0.15) is 5.10 Å². The van der Waals surface area contributed by atoms with Gasteiger partial charge in [-0.1, -0.05) is 13.8 Å². The van der Waals surface area contributed by atoms with Gasteiger partial charge < -0.3 is 10.1 Å². The number of nitrogens with zero attached hydrogens (tertiary/aromatic N) is 3. The first-order valence-corrected chi connectivity index (χ1v) is 9.32. The van der Waals surface area contributed by atoms with Gasteiger partial charge in [-0.15, -0.1) is 0 Å². The number of fused-ring (bicyclic) bond motifs is 1. The third kappa shape index (κ3) is 4.84. The number of nitrogens with one attached hydrogen (secondary N) is 1. The first-order valence-electron chi connectivity index (χ1n) is 9.32. The molecular formula is C20H30N4O3. The van der Waals surface area contributed by atoms with Crippen LogP contribution in [0.3, 0.4) is 0 Å². The fourth-order valence-corrected chi connectivity index (χ4v) is 2.63. The molecule has 2 aromatic rings. The summed E-state index contributed by atoms with van der Waals surface area (Å²) >= 11 is 0. The SMILES string of the molecule is CC(OC(=O)c1cc(C(C)C)nc2c1cnn2C(C)C)C(=O)NC(C)(C)C. The van der Waals surface area contributed by atoms with Crippen LogP contribution in [0.4, 0.5) is 0 Å². The van der Waals surface area contributed by atoms with Crippen LogP contribution < -0.4 is 5.32 Å². The van der Waals surface area contributed by atoms with Gasteiger partial charge in [0.25, 0.3) is 5.91 Å². The van der Waals surface area contributed by atoms with E-state index in [0.717, 1.165) is 5.69 Å². The zero-order valence-electron chi connectivity index (χ0n) is 17.5. The zero-order valence-corrected chi connectivity index (χ0v) is 17.5. The second-order valence-electron chi connectivity index (χ2n) is 8.46. The summed E-state index contributed by atoms with van der Waals surface area (Å²) in [5, 5.41) is 7.81. The third-order valence-corrected chi connectivity index (χ3v) is 4.04. The number of hydrogen-bond donors (Lipinski definition) is 1. The van der Waals surface area contributed by atoms with E-state index < -0.39 is 17.6 Å². The van der Waals surface area contributed by atoms with E-state index in [1.165, 1.54) is 0 Å². The standard InChI is InChI=1S/C20H30N4O3/c1-11(2)16-9-14(15-10-21-24(12(3)4)17(15)22-16)19(26)27-13(5)18(25)23-20(6,7)8/h9-13H,1-8H3,(H,23,25). The fraction of sp³-hybridized carbons (Fsp3) is 0.600. The van der Waals surface area contributed by atoms with E-state index in [0.29, 0.717) is 16.6 Å². The molecule has 0 fully saturated rings. The molecular weight excluding hydrogens is 344 g/mol. The molecule has 0 aliphatic heterocycles. The molecule has 2 aromatic heterocycles. The number of carbonyl (C=O) groups is 2. The van der Waals surface area contributed by atoms with Crippen molar-refractivity contribution < 1.29 is 14.3 Å². The summed E-state index contributed by atoms with van der Waals surface area (Å²) in [4.78, 5) is 29.7. The lowest BCUT2D eigenvalue weighted by atomic mass is 10.1. The number of ether oxygens (including phenoxy) is 1. The molecule has 0 spiro atoms. The minimum absolute atomic E-state index is 0.109. The van der Waals surface area contributed by atoms with Crippen LogP contribution >= 0.6 is 0 Å². The van der Waals surface area contributed by atoms with Crippen molar-refractivity contribution in [2.75, 3.05) is 0 Å². The Morgan fingerprint density at radius 1 is 1.15 bits per heavy atom. The zero-order chi connectivity index (χ0) is 20.5. The molecule has 7 heteroatoms. The van der Waals surface area contributed by atoms with Gasteiger partial charge in [-0.05, 0) is 53.5 Å². The van der Waals surface area contributed by atoms with Crippen LogP contribution in [0.25, 0.3) is 11.0 Å². The average molecular weight is 374 g/mol. The quantitative estimate of drug-likeness (QED) is 0.808. The Morgan fingerprint density at radius 3 is 2.30 bits per heavy atom. The van der Waals surface area contributed by atoms with Crippen molar-refractivity contribution in [1.29, 1.82) is 0 Å². The molecule has 0 aliphatic carbocycles. The fourth-order valence-electron chi connectivity index (χ4n) is 2.63. The van der Waals surface area contributed by atoms with Gasteiger partial charge in [-0.25, -0.2) is 14.5 Å². The molecule has 0 bridgehead atoms. The van der Waals surface area contributed by atoms with E-state index >= 15 is 0 Å². The molecule has 2 heterocycles. The molecule has 1 amide bonds. The molecule has 0 aliphatic rings. The third-order valence-electron chi connectivity index (χ3n) is 4.04. The number of hydrogen-bond acceptors (Lipinski definition) is 5. The molecule has 2 rings (SSSR count). The maximum atomic E-state index is 12.8. The minimum atomic E-state index is -0.900. The molecule has 1 atom stereocenters. The van der Waals surface area contributed by atoms with E-state index in [1.54, 1.807) is 23.9 Å². The van der Waals surface area contributed by atoms with E-state index in [1.807, 2.05) is 48.5 Å². The van der Waals surface area contributed by atoms with Crippen LogP contribution in [0.2, 0.25) is 0 Å². The molecule has 1 N–H and O–H groups in total. The number of pyridine rings is 1. The lowest BCUT2D eigenvalue weighted by molar-refractivity contribution is -0.130. The van der Waals surface area contributed by atoms with Gasteiger partial charge in [0.1, 0.15) is 0 Å². The van der Waals surface area contributed by atoms with Crippen LogP contribution in [-0.2, 0) is 9.53 Å². The number of carbonyl (C=O) groups excluding carboxylic acids is 2. The highest BCUT2D eigenvalue weighted by molar-refractivity contribution is 6.03. The Labute approximate surface area is 160 Å². The van der Waals surface area contributed by atoms with E-state index in [4.69, 9.17) is 4.74 Å². The molecule has 7 nitrogen and oxygen atoms in total. The Kier molecular flexibility index (Phi) is 5.92. The molecule has 0 radical (unpaired) electrons. The largest absolute Gasteiger partial charge is 0.449 e. The first kappa shape index (κ1) is 20.9. The summed E-state index contributed by atoms with van der Waals surface area (Å²) in [5.74, 6) is -0.745. The van der Waals surface area contributed by atoms with Crippen molar-refractivity contribution in [2.24, 2.45) is 0 Å². The average Bonchev–Trinajstić information content (AvgIpc) is 2.95. The van der Waals surface area contributed by atoms with Gasteiger partial charge in [0.15, 0.2) is 11.8 Å². The first-order chi connectivity index (χ1) is 12.4. The summed E-state index contributed by atoms with van der Waals surface area (Å²) in [6, 6.07) is 1.84. The molecule has 0 aromatic carbocycles. The van der Waals surface area contributed by atoms with Crippen molar-refractivity contribution >= 4 is 22.9 Å². The van der Waals surface area contributed by atoms with Crippen molar-refractivity contribution in [3.8, 4) is 0 Å². The number of aromatic nitrogens is 3. The summed E-state index contributed by atoms with van der Waals surface area (Å²) < 4.78 is 7.23. The van der Waals surface area contributed by atoms with Crippen LogP contribution in [0.5, 0.6) is 0 Å². The Hall–Kier alpha value is -2.44. The molecule has 1 unspecified atom stereocenters. The van der Waals surface area contributed by atoms with Gasteiger partial charge in [-0.3, -0.25) is 4.79 Å². The lowest BCUT2D eigenvalue weighted by Gasteiger charge is -2.23. The normalized spacial score (nSPS) is 13.3. The van der Waals surface area contributed by atoms with Crippen molar-refractivity contribution in [2.45, 2.75) is 79.0 Å². The number of amides is 1. The highest BCUT2D eigenvalue weighted by atomic mass is 16.5. The van der Waals surface area contributed by atoms with Crippen molar-refractivity contribution in [3.05, 3.63) is 23.5 Å². The Bertz CT molecular complexity index is 847. The summed E-state index contributed by atoms with van der Waals surface area (Å²) in [6.07, 6.45) is 0.728. The highest BCUT2D eigenvalue weighted by Crippen LogP contribution is 2.25. The predicted octanol–water partition coefficient (Wildman–Crippen LogP) is 3.60. The highest BCUT2D eigenvalue weighted by Gasteiger charge is 2.25. The van der Waals surface area contributed by atoms with Crippen LogP contribution in [0, 0.1) is 0 Å². The summed E-state index contributed by atoms with van der Waals surface area (Å²) in [7, 11) is 0. The van der Waals surface area contributed by atoms with Gasteiger partial charge >= 0.3 is 5.97 Å². The molecule has 0 saturated carbocycles. The Morgan fingerprint density at radius 2 is 1.78 bits per heavy atom. The monoisotopic (exact) mass is 374 g/mol. The van der Waals surface area contributed by atoms with E-state index in [2.05, 4.69) is 15.4 Å². The topological polar surface area (TPSA) is 86.1 Å². The molecule has 27 heavy (non-hydrogen) atoms. The van der Waals surface area contributed by atoms with Crippen molar-refractivity contribution in [1.82, 2.24) is 20.1 Å². The molecule has 0 saturated heterocycles. The van der Waals surface area contributed by atoms with Crippen LogP contribution in [0.15, 0.2) is 12.3 Å². The molecule has 148 valence electrons. The lowest BCUT2D eigenvalue weighted by Crippen LogP contribution is -2.46. The maximum absolute atomic E-state index is 12.8. The minimum Gasteiger partial charge on any atom is -0.449 e. The van der Waals surface area contributed by atoms with Crippen LogP contribution in [-0.4, -0.2) is 38.3 Å². The summed E-state index contributed by atoms with van der Waals surface area (Å²) in [5.41, 5.74) is 1.41. The van der Waals surface area contributed by atoms with Crippen molar-refractivity contribution in [3.63, 3.8) is 0 Å². The smallest absolute Gasteiger partial charge is 0.339 e. The number of rotatable bonds is 5. The van der Waals surface area contributed by atoms with Crippen LogP contribution in [0.1, 0.15) is 83.4 Å².